The minimum absolute atomic E-state index is 0.274. The van der Waals surface area contributed by atoms with Crippen molar-refractivity contribution in [3.05, 3.63) is 225 Å². The van der Waals surface area contributed by atoms with Crippen LogP contribution in [0.3, 0.4) is 0 Å². The average molecular weight is 1040 g/mol. The van der Waals surface area contributed by atoms with Crippen LogP contribution in [0.15, 0.2) is 164 Å². The van der Waals surface area contributed by atoms with Crippen LogP contribution in [0.2, 0.25) is 0 Å². The van der Waals surface area contributed by atoms with Gasteiger partial charge in [0, 0.05) is 32.8 Å². The van der Waals surface area contributed by atoms with Gasteiger partial charge in [-0.1, -0.05) is 48.5 Å². The summed E-state index contributed by atoms with van der Waals surface area (Å²) in [6.07, 6.45) is 0. The Hall–Kier alpha value is -12.9. The molecule has 12 rings (SSSR count). The van der Waals surface area contributed by atoms with Gasteiger partial charge in [-0.2, -0.15) is 47.4 Å². The highest BCUT2D eigenvalue weighted by Gasteiger charge is 2.25. The lowest BCUT2D eigenvalue weighted by atomic mass is 9.98. The Morgan fingerprint density at radius 3 is 0.854 bits per heavy atom. The number of aryl methyl sites for hydroxylation is 2. The number of fused-ring (bicyclic) bond motifs is 6. The maximum Gasteiger partial charge on any atom is 0.126 e. The van der Waals surface area contributed by atoms with Gasteiger partial charge < -0.3 is 9.13 Å². The lowest BCUT2D eigenvalue weighted by Gasteiger charge is -2.20. The number of benzene rings is 9. The molecule has 13 nitrogen and oxygen atoms in total. The Morgan fingerprint density at radius 2 is 0.585 bits per heavy atom. The highest BCUT2D eigenvalue weighted by Crippen LogP contribution is 2.44. The molecular formula is C69H33N13. The average Bonchev–Trinajstić information content (AvgIpc) is 4.26. The molecular weight excluding hydrogens is 1010 g/mol. The van der Waals surface area contributed by atoms with Crippen LogP contribution in [0.1, 0.15) is 61.6 Å². The molecule has 0 radical (unpaired) electrons. The fourth-order valence-corrected chi connectivity index (χ4v) is 11.1. The molecule has 0 fully saturated rings. The first-order valence-corrected chi connectivity index (χ1v) is 25.4. The van der Waals surface area contributed by atoms with Crippen molar-refractivity contribution in [1.29, 1.82) is 47.4 Å². The van der Waals surface area contributed by atoms with E-state index >= 15 is 0 Å². The monoisotopic (exact) mass is 1040 g/mol. The van der Waals surface area contributed by atoms with Gasteiger partial charge in [-0.15, -0.1) is 0 Å². The fraction of sp³-hybridized carbons (Fsp3) is 0.0290. The van der Waals surface area contributed by atoms with Crippen LogP contribution in [-0.2, 0) is 0 Å². The molecule has 0 aliphatic heterocycles. The topological polar surface area (TPSA) is 250 Å². The van der Waals surface area contributed by atoms with E-state index in [9.17, 15) is 47.4 Å². The molecule has 13 heteroatoms. The summed E-state index contributed by atoms with van der Waals surface area (Å²) in [6, 6.07) is 69.4. The summed E-state index contributed by atoms with van der Waals surface area (Å²) in [5, 5.41) is 95.5. The van der Waals surface area contributed by atoms with E-state index in [-0.39, 0.29) is 5.56 Å². The molecule has 82 heavy (non-hydrogen) atoms. The first-order valence-electron chi connectivity index (χ1n) is 25.4. The predicted octanol–water partition coefficient (Wildman–Crippen LogP) is 14.5. The summed E-state index contributed by atoms with van der Waals surface area (Å²) in [7, 11) is 0. The standard InChI is InChI=1S/C69H33N13/c1-39-11-63(80-40(2)79-39)62-29-69(82-66-26-51(55-20-45(34-74)14-46(21-55)35-75)5-9-60(66)61-10-6-52(27-67(61)82)56-22-47(36-76)15-48(23-56)37-77)68(28-57(62)38-78)81-64-24-49(53-16-41(30-70)12-42(17-53)31-71)3-7-58(64)59-8-4-50(25-65(59)81)54-18-43(32-72)13-44(19-54)33-73/h3-29H,1-2H3. The lowest BCUT2D eigenvalue weighted by Crippen LogP contribution is -2.06. The fourth-order valence-electron chi connectivity index (χ4n) is 11.1. The van der Waals surface area contributed by atoms with E-state index < -0.39 is 0 Å². The Bertz CT molecular complexity index is 4840. The second kappa shape index (κ2) is 19.9. The van der Waals surface area contributed by atoms with Gasteiger partial charge in [0.1, 0.15) is 5.82 Å². The third-order valence-electron chi connectivity index (χ3n) is 14.6. The second-order valence-electron chi connectivity index (χ2n) is 19.6. The molecule has 0 atom stereocenters. The molecule has 0 unspecified atom stereocenters. The highest BCUT2D eigenvalue weighted by molar-refractivity contribution is 6.14. The highest BCUT2D eigenvalue weighted by atomic mass is 15.1. The molecule has 0 N–H and O–H groups in total. The van der Waals surface area contributed by atoms with Gasteiger partial charge in [-0.25, -0.2) is 9.97 Å². The summed E-state index contributed by atoms with van der Waals surface area (Å²) >= 11 is 0. The van der Waals surface area contributed by atoms with Crippen molar-refractivity contribution in [3.63, 3.8) is 0 Å². The number of nitrogens with zero attached hydrogens (tertiary/aromatic N) is 13. The summed E-state index contributed by atoms with van der Waals surface area (Å²) in [6.45, 7) is 3.65. The third-order valence-corrected chi connectivity index (χ3v) is 14.6. The van der Waals surface area contributed by atoms with Gasteiger partial charge in [-0.05, 0) is 174 Å². The van der Waals surface area contributed by atoms with Crippen molar-refractivity contribution in [2.45, 2.75) is 13.8 Å². The van der Waals surface area contributed by atoms with E-state index in [1.807, 2.05) is 97.9 Å². The SMILES string of the molecule is Cc1cc(-c2cc(-n3c4cc(-c5cc(C#N)cc(C#N)c5)ccc4c4ccc(-c5cc(C#N)cc(C#N)c5)cc43)c(-n3c4cc(-c5cc(C#N)cc(C#N)c5)ccc4c4ccc(-c5cc(C#N)cc(C#N)c5)cc43)cc2C#N)nc(C)n1. The Kier molecular flexibility index (Phi) is 12.1. The van der Waals surface area contributed by atoms with Gasteiger partial charge >= 0.3 is 0 Å². The van der Waals surface area contributed by atoms with Crippen LogP contribution in [-0.4, -0.2) is 19.1 Å². The number of aromatic nitrogens is 4. The molecule has 0 saturated carbocycles. The van der Waals surface area contributed by atoms with Crippen molar-refractivity contribution >= 4 is 43.6 Å². The predicted molar refractivity (Wildman–Crippen MR) is 310 cm³/mol. The van der Waals surface area contributed by atoms with E-state index in [4.69, 9.17) is 4.98 Å². The van der Waals surface area contributed by atoms with Gasteiger partial charge in [0.05, 0.1) is 144 Å². The number of hydrogen-bond acceptors (Lipinski definition) is 11. The lowest BCUT2D eigenvalue weighted by molar-refractivity contribution is 1.01. The molecule has 3 aromatic heterocycles. The van der Waals surface area contributed by atoms with Crippen LogP contribution < -0.4 is 0 Å². The van der Waals surface area contributed by atoms with Crippen molar-refractivity contribution in [1.82, 2.24) is 19.1 Å². The normalized spacial score (nSPS) is 10.7. The zero-order valence-corrected chi connectivity index (χ0v) is 43.4. The summed E-state index contributed by atoms with van der Waals surface area (Å²) < 4.78 is 4.18. The minimum Gasteiger partial charge on any atom is -0.307 e. The second-order valence-corrected chi connectivity index (χ2v) is 19.6. The van der Waals surface area contributed by atoms with Gasteiger partial charge in [0.15, 0.2) is 0 Å². The van der Waals surface area contributed by atoms with Crippen LogP contribution in [0.25, 0.3) is 111 Å². The van der Waals surface area contributed by atoms with E-state index in [1.54, 1.807) is 55.5 Å². The van der Waals surface area contributed by atoms with Crippen LogP contribution in [0.5, 0.6) is 0 Å². The molecule has 0 amide bonds. The Balaban J connectivity index is 1.28. The van der Waals surface area contributed by atoms with Gasteiger partial charge in [-0.3, -0.25) is 0 Å². The van der Waals surface area contributed by atoms with Crippen LogP contribution >= 0.6 is 0 Å². The third kappa shape index (κ3) is 8.55. The molecule has 0 saturated heterocycles. The first kappa shape index (κ1) is 49.9. The summed E-state index contributed by atoms with van der Waals surface area (Å²) in [4.78, 5) is 9.47. The van der Waals surface area contributed by atoms with Crippen LogP contribution in [0.4, 0.5) is 0 Å². The van der Waals surface area contributed by atoms with Crippen molar-refractivity contribution in [2.24, 2.45) is 0 Å². The smallest absolute Gasteiger partial charge is 0.126 e. The van der Waals surface area contributed by atoms with Crippen molar-refractivity contribution < 1.29 is 0 Å². The van der Waals surface area contributed by atoms with Crippen molar-refractivity contribution in [2.75, 3.05) is 0 Å². The molecule has 0 aliphatic rings. The zero-order chi connectivity index (χ0) is 56.9. The number of rotatable bonds is 7. The molecule has 374 valence electrons. The molecule has 3 heterocycles. The van der Waals surface area contributed by atoms with Gasteiger partial charge in [0.25, 0.3) is 0 Å². The molecule has 9 aromatic carbocycles. The largest absolute Gasteiger partial charge is 0.307 e. The van der Waals surface area contributed by atoms with Gasteiger partial charge in [0.2, 0.25) is 0 Å². The van der Waals surface area contributed by atoms with Crippen molar-refractivity contribution in [3.8, 4) is 122 Å². The summed E-state index contributed by atoms with van der Waals surface area (Å²) in [5.41, 5.74) is 13.5. The molecule has 0 aliphatic carbocycles. The number of nitriles is 9. The molecule has 0 bridgehead atoms. The number of hydrogen-bond donors (Lipinski definition) is 0. The van der Waals surface area contributed by atoms with E-state index in [2.05, 4.69) is 68.7 Å². The Labute approximate surface area is 468 Å². The summed E-state index contributed by atoms with van der Waals surface area (Å²) in [5.74, 6) is 0.492. The molecule has 0 spiro atoms. The Morgan fingerprint density at radius 1 is 0.293 bits per heavy atom. The molecule has 12 aromatic rings. The van der Waals surface area contributed by atoms with E-state index in [1.165, 1.54) is 24.3 Å². The minimum atomic E-state index is 0.274. The van der Waals surface area contributed by atoms with E-state index in [0.29, 0.717) is 145 Å². The maximum atomic E-state index is 11.4. The first-order chi connectivity index (χ1) is 39.9. The zero-order valence-electron chi connectivity index (χ0n) is 43.4. The van der Waals surface area contributed by atoms with Crippen LogP contribution in [0, 0.1) is 116 Å². The van der Waals surface area contributed by atoms with E-state index in [0.717, 1.165) is 21.5 Å². The quantitative estimate of drug-likeness (QED) is 0.145. The maximum absolute atomic E-state index is 11.4.